The molecule has 0 saturated heterocycles. The highest BCUT2D eigenvalue weighted by atomic mass is 16.5. The van der Waals surface area contributed by atoms with E-state index >= 15 is 0 Å². The number of benzene rings is 1. The van der Waals surface area contributed by atoms with Gasteiger partial charge in [-0.25, -0.2) is 9.78 Å². The number of aromatic carboxylic acids is 1. The summed E-state index contributed by atoms with van der Waals surface area (Å²) in [5.41, 5.74) is 3.75. The Morgan fingerprint density at radius 2 is 2.19 bits per heavy atom. The predicted octanol–water partition coefficient (Wildman–Crippen LogP) is 2.24. The highest BCUT2D eigenvalue weighted by Crippen LogP contribution is 2.26. The standard InChI is InChI=1S/C16H16N2O3/c1-10-8-11(2-4-13(10)16(19)20)14-5-3-12-9-17-6-7-21-15(12)18-14/h2-5,8,17H,6-7,9H2,1H3,(H,19,20). The highest BCUT2D eigenvalue weighted by molar-refractivity contribution is 5.90. The maximum atomic E-state index is 11.1. The third-order valence-corrected chi connectivity index (χ3v) is 3.52. The molecule has 2 aromatic rings. The number of carboxylic acids is 1. The number of hydrogen-bond donors (Lipinski definition) is 2. The van der Waals surface area contributed by atoms with Gasteiger partial charge in [0, 0.05) is 24.2 Å². The van der Waals surface area contributed by atoms with Crippen LogP contribution >= 0.6 is 0 Å². The van der Waals surface area contributed by atoms with E-state index in [1.165, 1.54) is 0 Å². The van der Waals surface area contributed by atoms with Gasteiger partial charge >= 0.3 is 5.97 Å². The fraction of sp³-hybridized carbons (Fsp3) is 0.250. The van der Waals surface area contributed by atoms with Crippen molar-refractivity contribution in [2.45, 2.75) is 13.5 Å². The fourth-order valence-corrected chi connectivity index (χ4v) is 2.40. The third kappa shape index (κ3) is 2.73. The largest absolute Gasteiger partial charge is 0.478 e. The molecule has 0 amide bonds. The van der Waals surface area contributed by atoms with Crippen LogP contribution in [-0.2, 0) is 6.54 Å². The second-order valence-corrected chi connectivity index (χ2v) is 5.02. The molecule has 1 aromatic carbocycles. The van der Waals surface area contributed by atoms with Crippen molar-refractivity contribution >= 4 is 5.97 Å². The zero-order valence-electron chi connectivity index (χ0n) is 11.7. The second kappa shape index (κ2) is 5.54. The van der Waals surface area contributed by atoms with Crippen LogP contribution in [0.5, 0.6) is 5.88 Å². The van der Waals surface area contributed by atoms with Gasteiger partial charge in [-0.2, -0.15) is 0 Å². The Morgan fingerprint density at radius 1 is 1.33 bits per heavy atom. The van der Waals surface area contributed by atoms with Gasteiger partial charge < -0.3 is 15.2 Å². The molecule has 0 fully saturated rings. The molecule has 5 heteroatoms. The van der Waals surface area contributed by atoms with Gasteiger partial charge in [-0.3, -0.25) is 0 Å². The van der Waals surface area contributed by atoms with E-state index in [1.54, 1.807) is 19.1 Å². The number of nitrogens with one attached hydrogen (secondary N) is 1. The second-order valence-electron chi connectivity index (χ2n) is 5.02. The predicted molar refractivity (Wildman–Crippen MR) is 78.6 cm³/mol. The first-order valence-corrected chi connectivity index (χ1v) is 6.83. The van der Waals surface area contributed by atoms with E-state index in [1.807, 2.05) is 18.2 Å². The van der Waals surface area contributed by atoms with Gasteiger partial charge in [-0.15, -0.1) is 0 Å². The van der Waals surface area contributed by atoms with Crippen molar-refractivity contribution in [2.75, 3.05) is 13.2 Å². The third-order valence-electron chi connectivity index (χ3n) is 3.52. The van der Waals surface area contributed by atoms with Gasteiger partial charge in [-0.05, 0) is 30.7 Å². The van der Waals surface area contributed by atoms with Crippen molar-refractivity contribution in [3.8, 4) is 17.1 Å². The number of aryl methyl sites for hydroxylation is 1. The summed E-state index contributed by atoms with van der Waals surface area (Å²) < 4.78 is 5.64. The molecule has 2 N–H and O–H groups in total. The minimum absolute atomic E-state index is 0.314. The molecular formula is C16H16N2O3. The number of carbonyl (C=O) groups is 1. The van der Waals surface area contributed by atoms with Gasteiger partial charge in [-0.1, -0.05) is 12.1 Å². The molecule has 0 unspecified atom stereocenters. The van der Waals surface area contributed by atoms with Crippen LogP contribution in [-0.4, -0.2) is 29.2 Å². The quantitative estimate of drug-likeness (QED) is 0.885. The van der Waals surface area contributed by atoms with E-state index < -0.39 is 5.97 Å². The lowest BCUT2D eigenvalue weighted by molar-refractivity contribution is 0.0696. The topological polar surface area (TPSA) is 71.5 Å². The molecule has 2 heterocycles. The first kappa shape index (κ1) is 13.6. The molecule has 0 aliphatic carbocycles. The van der Waals surface area contributed by atoms with E-state index in [-0.39, 0.29) is 0 Å². The summed E-state index contributed by atoms with van der Waals surface area (Å²) in [5, 5.41) is 12.3. The van der Waals surface area contributed by atoms with Crippen LogP contribution in [0, 0.1) is 6.92 Å². The van der Waals surface area contributed by atoms with Crippen LogP contribution in [0.25, 0.3) is 11.3 Å². The van der Waals surface area contributed by atoms with Crippen LogP contribution < -0.4 is 10.1 Å². The summed E-state index contributed by atoms with van der Waals surface area (Å²) >= 11 is 0. The van der Waals surface area contributed by atoms with Gasteiger partial charge in [0.05, 0.1) is 11.3 Å². The van der Waals surface area contributed by atoms with Gasteiger partial charge in [0.2, 0.25) is 5.88 Å². The fourth-order valence-electron chi connectivity index (χ4n) is 2.40. The molecular weight excluding hydrogens is 268 g/mol. The Labute approximate surface area is 122 Å². The van der Waals surface area contributed by atoms with Crippen LogP contribution in [0.3, 0.4) is 0 Å². The lowest BCUT2D eigenvalue weighted by Gasteiger charge is -2.09. The zero-order chi connectivity index (χ0) is 14.8. The molecule has 0 atom stereocenters. The van der Waals surface area contributed by atoms with E-state index in [0.29, 0.717) is 18.1 Å². The highest BCUT2D eigenvalue weighted by Gasteiger charge is 2.13. The summed E-state index contributed by atoms with van der Waals surface area (Å²) in [6, 6.07) is 9.16. The van der Waals surface area contributed by atoms with Gasteiger partial charge in [0.25, 0.3) is 0 Å². The van der Waals surface area contributed by atoms with Crippen LogP contribution in [0.4, 0.5) is 0 Å². The molecule has 21 heavy (non-hydrogen) atoms. The van der Waals surface area contributed by atoms with E-state index in [4.69, 9.17) is 9.84 Å². The van der Waals surface area contributed by atoms with Crippen molar-refractivity contribution in [1.82, 2.24) is 10.3 Å². The smallest absolute Gasteiger partial charge is 0.335 e. The zero-order valence-corrected chi connectivity index (χ0v) is 11.7. The van der Waals surface area contributed by atoms with Crippen molar-refractivity contribution in [1.29, 1.82) is 0 Å². The number of rotatable bonds is 2. The molecule has 3 rings (SSSR count). The number of carboxylic acid groups (broad SMARTS) is 1. The first-order valence-electron chi connectivity index (χ1n) is 6.83. The van der Waals surface area contributed by atoms with E-state index in [0.717, 1.165) is 35.5 Å². The molecule has 1 aliphatic heterocycles. The minimum atomic E-state index is -0.914. The Bertz CT molecular complexity index is 698. The number of aromatic nitrogens is 1. The Balaban J connectivity index is 1.99. The first-order chi connectivity index (χ1) is 10.1. The summed E-state index contributed by atoms with van der Waals surface area (Å²) in [5.74, 6) is -0.263. The maximum absolute atomic E-state index is 11.1. The van der Waals surface area contributed by atoms with E-state index in [2.05, 4.69) is 10.3 Å². The SMILES string of the molecule is Cc1cc(-c2ccc3c(n2)OCCNC3)ccc1C(=O)O. The van der Waals surface area contributed by atoms with Crippen molar-refractivity contribution in [3.05, 3.63) is 47.0 Å². The lowest BCUT2D eigenvalue weighted by Crippen LogP contribution is -2.16. The van der Waals surface area contributed by atoms with Gasteiger partial charge in [0.1, 0.15) is 6.61 Å². The Hall–Kier alpha value is -2.40. The summed E-state index contributed by atoms with van der Waals surface area (Å²) in [6.07, 6.45) is 0. The Kier molecular flexibility index (Phi) is 3.58. The summed E-state index contributed by atoms with van der Waals surface area (Å²) in [6.45, 7) is 3.94. The lowest BCUT2D eigenvalue weighted by atomic mass is 10.0. The average Bonchev–Trinajstić information content (AvgIpc) is 2.71. The molecule has 108 valence electrons. The molecule has 0 radical (unpaired) electrons. The van der Waals surface area contributed by atoms with Crippen LogP contribution in [0.15, 0.2) is 30.3 Å². The molecule has 5 nitrogen and oxygen atoms in total. The summed E-state index contributed by atoms with van der Waals surface area (Å²) in [7, 11) is 0. The molecule has 1 aromatic heterocycles. The van der Waals surface area contributed by atoms with Crippen LogP contribution in [0.2, 0.25) is 0 Å². The van der Waals surface area contributed by atoms with Crippen molar-refractivity contribution in [3.63, 3.8) is 0 Å². The number of nitrogens with zero attached hydrogens (tertiary/aromatic N) is 1. The van der Waals surface area contributed by atoms with Gasteiger partial charge in [0.15, 0.2) is 0 Å². The number of ether oxygens (including phenoxy) is 1. The van der Waals surface area contributed by atoms with E-state index in [9.17, 15) is 4.79 Å². The molecule has 0 saturated carbocycles. The number of fused-ring (bicyclic) bond motifs is 1. The Morgan fingerprint density at radius 3 is 2.95 bits per heavy atom. The summed E-state index contributed by atoms with van der Waals surface area (Å²) in [4.78, 5) is 15.6. The molecule has 0 bridgehead atoms. The molecule has 0 spiro atoms. The molecule has 1 aliphatic rings. The monoisotopic (exact) mass is 284 g/mol. The minimum Gasteiger partial charge on any atom is -0.478 e. The number of pyridine rings is 1. The van der Waals surface area contributed by atoms with Crippen LogP contribution in [0.1, 0.15) is 21.5 Å². The van der Waals surface area contributed by atoms with Crippen molar-refractivity contribution < 1.29 is 14.6 Å². The average molecular weight is 284 g/mol. The normalized spacial score (nSPS) is 14.0. The van der Waals surface area contributed by atoms with Crippen molar-refractivity contribution in [2.24, 2.45) is 0 Å². The maximum Gasteiger partial charge on any atom is 0.335 e. The number of hydrogen-bond acceptors (Lipinski definition) is 4.